The quantitative estimate of drug-likeness (QED) is 0.813. The molecule has 1 N–H and O–H groups in total. The molecule has 0 spiro atoms. The third kappa shape index (κ3) is 2.78. The molecule has 0 aliphatic carbocycles. The van der Waals surface area contributed by atoms with Gasteiger partial charge in [0.1, 0.15) is 0 Å². The molecule has 2 rings (SSSR count). The number of para-hydroxylation sites is 1. The molecule has 0 saturated carbocycles. The van der Waals surface area contributed by atoms with Crippen molar-refractivity contribution >= 4 is 11.7 Å². The molecule has 1 aromatic rings. The summed E-state index contributed by atoms with van der Waals surface area (Å²) in [4.78, 5) is 11.7. The highest BCUT2D eigenvalue weighted by molar-refractivity contribution is 5.72. The number of carbonyl (C=O) groups excluding carboxylic acids is 1. The van der Waals surface area contributed by atoms with Crippen molar-refractivity contribution in [3.05, 3.63) is 29.8 Å². The van der Waals surface area contributed by atoms with Gasteiger partial charge >= 0.3 is 5.97 Å². The summed E-state index contributed by atoms with van der Waals surface area (Å²) in [6.45, 7) is 4.78. The summed E-state index contributed by atoms with van der Waals surface area (Å²) >= 11 is 0. The molecular formula is C14H19NO2. The molecule has 1 heterocycles. The first kappa shape index (κ1) is 12.0. The molecule has 0 bridgehead atoms. The average molecular weight is 233 g/mol. The number of carbonyl (C=O) groups is 1. The highest BCUT2D eigenvalue weighted by atomic mass is 16.5. The largest absolute Gasteiger partial charge is 0.463 e. The van der Waals surface area contributed by atoms with Crippen LogP contribution in [0.1, 0.15) is 38.2 Å². The predicted octanol–water partition coefficient (Wildman–Crippen LogP) is 2.93. The van der Waals surface area contributed by atoms with Crippen molar-refractivity contribution in [3.8, 4) is 0 Å². The predicted molar refractivity (Wildman–Crippen MR) is 68.1 cm³/mol. The number of hydrogen-bond donors (Lipinski definition) is 1. The van der Waals surface area contributed by atoms with Crippen LogP contribution in [0.25, 0.3) is 0 Å². The maximum absolute atomic E-state index is 11.7. The molecule has 1 aromatic carbocycles. The van der Waals surface area contributed by atoms with E-state index in [-0.39, 0.29) is 18.0 Å². The molecule has 0 radical (unpaired) electrons. The van der Waals surface area contributed by atoms with Crippen molar-refractivity contribution in [2.24, 2.45) is 0 Å². The summed E-state index contributed by atoms with van der Waals surface area (Å²) in [7, 11) is 0. The van der Waals surface area contributed by atoms with Gasteiger partial charge in [-0.25, -0.2) is 0 Å². The molecule has 1 aliphatic heterocycles. The normalized spacial score (nSPS) is 19.3. The zero-order chi connectivity index (χ0) is 12.3. The van der Waals surface area contributed by atoms with Gasteiger partial charge in [0.25, 0.3) is 0 Å². The molecule has 17 heavy (non-hydrogen) atoms. The van der Waals surface area contributed by atoms with Gasteiger partial charge in [-0.2, -0.15) is 0 Å². The standard InChI is InChI=1S/C14H19NO2/c1-3-10(2)17-14(16)8-11-9-15-13-7-5-4-6-12(11)13/h4-7,10-11,15H,3,8-9H2,1-2H3. The molecule has 2 atom stereocenters. The van der Waals surface area contributed by atoms with Gasteiger partial charge in [-0.15, -0.1) is 0 Å². The van der Waals surface area contributed by atoms with E-state index in [1.165, 1.54) is 5.56 Å². The Hall–Kier alpha value is -1.51. The summed E-state index contributed by atoms with van der Waals surface area (Å²) in [6, 6.07) is 8.15. The van der Waals surface area contributed by atoms with Crippen LogP contribution >= 0.6 is 0 Å². The Morgan fingerprint density at radius 1 is 1.53 bits per heavy atom. The SMILES string of the molecule is CCC(C)OC(=O)CC1CNc2ccccc21. The Kier molecular flexibility index (Phi) is 3.67. The van der Waals surface area contributed by atoms with Gasteiger partial charge in [0.15, 0.2) is 0 Å². The van der Waals surface area contributed by atoms with E-state index in [4.69, 9.17) is 4.74 Å². The Balaban J connectivity index is 1.95. The van der Waals surface area contributed by atoms with Crippen molar-refractivity contribution in [2.75, 3.05) is 11.9 Å². The molecule has 0 saturated heterocycles. The molecule has 92 valence electrons. The number of nitrogens with one attached hydrogen (secondary N) is 1. The number of hydrogen-bond acceptors (Lipinski definition) is 3. The molecule has 2 unspecified atom stereocenters. The number of fused-ring (bicyclic) bond motifs is 1. The van der Waals surface area contributed by atoms with Gasteiger partial charge in [-0.1, -0.05) is 25.1 Å². The van der Waals surface area contributed by atoms with Gasteiger partial charge in [0, 0.05) is 18.2 Å². The first-order valence-corrected chi connectivity index (χ1v) is 6.23. The molecule has 0 fully saturated rings. The Bertz CT molecular complexity index is 403. The third-order valence-electron chi connectivity index (χ3n) is 3.26. The zero-order valence-electron chi connectivity index (χ0n) is 10.4. The summed E-state index contributed by atoms with van der Waals surface area (Å²) in [5.74, 6) is 0.158. The lowest BCUT2D eigenvalue weighted by atomic mass is 9.98. The molecule has 3 nitrogen and oxygen atoms in total. The summed E-state index contributed by atoms with van der Waals surface area (Å²) in [6.07, 6.45) is 1.35. The molecular weight excluding hydrogens is 214 g/mol. The van der Waals surface area contributed by atoms with Crippen molar-refractivity contribution in [1.29, 1.82) is 0 Å². The van der Waals surface area contributed by atoms with Crippen molar-refractivity contribution < 1.29 is 9.53 Å². The number of anilines is 1. The van der Waals surface area contributed by atoms with E-state index in [0.29, 0.717) is 6.42 Å². The van der Waals surface area contributed by atoms with Crippen LogP contribution in [-0.4, -0.2) is 18.6 Å². The lowest BCUT2D eigenvalue weighted by molar-refractivity contribution is -0.148. The van der Waals surface area contributed by atoms with Gasteiger partial charge in [-0.3, -0.25) is 4.79 Å². The first-order chi connectivity index (χ1) is 8.20. The average Bonchev–Trinajstić information content (AvgIpc) is 2.72. The molecule has 0 amide bonds. The second kappa shape index (κ2) is 5.21. The van der Waals surface area contributed by atoms with Crippen LogP contribution in [0, 0.1) is 0 Å². The molecule has 0 aromatic heterocycles. The molecule has 1 aliphatic rings. The molecule has 3 heteroatoms. The minimum Gasteiger partial charge on any atom is -0.463 e. The maximum atomic E-state index is 11.7. The second-order valence-electron chi connectivity index (χ2n) is 4.58. The van der Waals surface area contributed by atoms with Crippen molar-refractivity contribution in [1.82, 2.24) is 0 Å². The number of ether oxygens (including phenoxy) is 1. The fourth-order valence-corrected chi connectivity index (χ4v) is 2.10. The number of benzene rings is 1. The minimum absolute atomic E-state index is 0.0205. The van der Waals surface area contributed by atoms with Crippen molar-refractivity contribution in [2.45, 2.75) is 38.7 Å². The van der Waals surface area contributed by atoms with E-state index in [0.717, 1.165) is 18.7 Å². The van der Waals surface area contributed by atoms with E-state index < -0.39 is 0 Å². The fourth-order valence-electron chi connectivity index (χ4n) is 2.10. The highest BCUT2D eigenvalue weighted by Crippen LogP contribution is 2.33. The van der Waals surface area contributed by atoms with Gasteiger partial charge < -0.3 is 10.1 Å². The lowest BCUT2D eigenvalue weighted by Gasteiger charge is -2.13. The lowest BCUT2D eigenvalue weighted by Crippen LogP contribution is -2.17. The monoisotopic (exact) mass is 233 g/mol. The fraction of sp³-hybridized carbons (Fsp3) is 0.500. The summed E-state index contributed by atoms with van der Waals surface area (Å²) < 4.78 is 5.31. The highest BCUT2D eigenvalue weighted by Gasteiger charge is 2.25. The number of rotatable bonds is 4. The summed E-state index contributed by atoms with van der Waals surface area (Å²) in [5.41, 5.74) is 2.38. The van der Waals surface area contributed by atoms with Gasteiger partial charge in [0.2, 0.25) is 0 Å². The Labute approximate surface area is 102 Å². The third-order valence-corrected chi connectivity index (χ3v) is 3.26. The Morgan fingerprint density at radius 2 is 2.29 bits per heavy atom. The number of esters is 1. The van der Waals surface area contributed by atoms with Crippen LogP contribution < -0.4 is 5.32 Å². The van der Waals surface area contributed by atoms with Crippen LogP contribution in [0.3, 0.4) is 0 Å². The summed E-state index contributed by atoms with van der Waals surface area (Å²) in [5, 5.41) is 3.32. The van der Waals surface area contributed by atoms with Gasteiger partial charge in [0.05, 0.1) is 12.5 Å². The first-order valence-electron chi connectivity index (χ1n) is 6.23. The van der Waals surface area contributed by atoms with E-state index in [1.54, 1.807) is 0 Å². The van der Waals surface area contributed by atoms with E-state index >= 15 is 0 Å². The van der Waals surface area contributed by atoms with Crippen LogP contribution in [-0.2, 0) is 9.53 Å². The zero-order valence-corrected chi connectivity index (χ0v) is 10.4. The Morgan fingerprint density at radius 3 is 3.06 bits per heavy atom. The van der Waals surface area contributed by atoms with Crippen LogP contribution in [0.5, 0.6) is 0 Å². The van der Waals surface area contributed by atoms with Crippen LogP contribution in [0.4, 0.5) is 5.69 Å². The van der Waals surface area contributed by atoms with Crippen LogP contribution in [0.2, 0.25) is 0 Å². The maximum Gasteiger partial charge on any atom is 0.306 e. The van der Waals surface area contributed by atoms with E-state index in [1.807, 2.05) is 26.0 Å². The van der Waals surface area contributed by atoms with Gasteiger partial charge in [-0.05, 0) is 25.0 Å². The smallest absolute Gasteiger partial charge is 0.306 e. The van der Waals surface area contributed by atoms with Crippen molar-refractivity contribution in [3.63, 3.8) is 0 Å². The van der Waals surface area contributed by atoms with E-state index in [2.05, 4.69) is 17.4 Å². The van der Waals surface area contributed by atoms with Crippen LogP contribution in [0.15, 0.2) is 24.3 Å². The second-order valence-corrected chi connectivity index (χ2v) is 4.58. The minimum atomic E-state index is -0.0946. The van der Waals surface area contributed by atoms with E-state index in [9.17, 15) is 4.79 Å². The topological polar surface area (TPSA) is 38.3 Å².